The van der Waals surface area contributed by atoms with Crippen molar-refractivity contribution in [2.24, 2.45) is 11.3 Å². The zero-order valence-electron chi connectivity index (χ0n) is 6.49. The molecule has 1 rings (SSSR count). The number of rotatable bonds is 0. The maximum atomic E-state index is 3.26. The van der Waals surface area contributed by atoms with Crippen molar-refractivity contribution in [3.8, 4) is 11.8 Å². The fourth-order valence-electron chi connectivity index (χ4n) is 1.03. The monoisotopic (exact) mass is 122 g/mol. The van der Waals surface area contributed by atoms with Crippen LogP contribution in [-0.2, 0) is 0 Å². The van der Waals surface area contributed by atoms with E-state index in [1.807, 2.05) is 0 Å². The van der Waals surface area contributed by atoms with Crippen molar-refractivity contribution in [2.75, 3.05) is 0 Å². The second-order valence-corrected chi connectivity index (χ2v) is 3.59. The van der Waals surface area contributed by atoms with E-state index in [9.17, 15) is 0 Å². The highest BCUT2D eigenvalue weighted by atomic mass is 14.2. The molecule has 1 aliphatic rings. The molecular formula is C9H14. The lowest BCUT2D eigenvalue weighted by atomic mass is 9.82. The zero-order valence-corrected chi connectivity index (χ0v) is 6.49. The van der Waals surface area contributed by atoms with Gasteiger partial charge in [0.2, 0.25) is 0 Å². The SMILES string of the molecule is CC1C#CC(C)(C)CC1. The summed E-state index contributed by atoms with van der Waals surface area (Å²) in [5, 5.41) is 0. The van der Waals surface area contributed by atoms with Gasteiger partial charge in [-0.15, -0.1) is 0 Å². The molecule has 0 heteroatoms. The summed E-state index contributed by atoms with van der Waals surface area (Å²) in [6, 6.07) is 0. The van der Waals surface area contributed by atoms with E-state index >= 15 is 0 Å². The smallest absolute Gasteiger partial charge is 0.0259 e. The van der Waals surface area contributed by atoms with Gasteiger partial charge in [-0.2, -0.15) is 0 Å². The van der Waals surface area contributed by atoms with E-state index in [4.69, 9.17) is 0 Å². The Morgan fingerprint density at radius 1 is 1.44 bits per heavy atom. The Morgan fingerprint density at radius 3 is 2.44 bits per heavy atom. The normalized spacial score (nSPS) is 30.8. The van der Waals surface area contributed by atoms with Crippen molar-refractivity contribution >= 4 is 0 Å². The lowest BCUT2D eigenvalue weighted by molar-refractivity contribution is 0.399. The molecule has 0 saturated carbocycles. The van der Waals surface area contributed by atoms with Gasteiger partial charge in [0.25, 0.3) is 0 Å². The maximum absolute atomic E-state index is 3.26. The van der Waals surface area contributed by atoms with Crippen molar-refractivity contribution in [3.63, 3.8) is 0 Å². The van der Waals surface area contributed by atoms with E-state index in [1.54, 1.807) is 0 Å². The van der Waals surface area contributed by atoms with Crippen molar-refractivity contribution in [2.45, 2.75) is 33.6 Å². The average molecular weight is 122 g/mol. The molecule has 1 aliphatic carbocycles. The third kappa shape index (κ3) is 1.75. The largest absolute Gasteiger partial charge is 0.0996 e. The molecule has 1 unspecified atom stereocenters. The number of hydrogen-bond acceptors (Lipinski definition) is 0. The highest BCUT2D eigenvalue weighted by Gasteiger charge is 2.18. The fourth-order valence-corrected chi connectivity index (χ4v) is 1.03. The van der Waals surface area contributed by atoms with Gasteiger partial charge in [0.05, 0.1) is 0 Å². The standard InChI is InChI=1S/C9H14/c1-8-4-6-9(2,3)7-5-8/h8H,4,6H2,1-3H3. The van der Waals surface area contributed by atoms with Gasteiger partial charge in [0.1, 0.15) is 0 Å². The van der Waals surface area contributed by atoms with Crippen LogP contribution in [0.2, 0.25) is 0 Å². The first-order chi connectivity index (χ1) is 4.10. The second kappa shape index (κ2) is 2.06. The fraction of sp³-hybridized carbons (Fsp3) is 0.778. The van der Waals surface area contributed by atoms with Crippen molar-refractivity contribution in [1.82, 2.24) is 0 Å². The first kappa shape index (κ1) is 6.68. The molecule has 0 aromatic carbocycles. The van der Waals surface area contributed by atoms with E-state index in [0.29, 0.717) is 11.3 Å². The molecular weight excluding hydrogens is 108 g/mol. The van der Waals surface area contributed by atoms with Gasteiger partial charge in [-0.05, 0) is 26.7 Å². The minimum absolute atomic E-state index is 0.298. The summed E-state index contributed by atoms with van der Waals surface area (Å²) in [7, 11) is 0. The molecule has 0 spiro atoms. The molecule has 9 heavy (non-hydrogen) atoms. The molecule has 0 amide bonds. The third-order valence-electron chi connectivity index (χ3n) is 1.86. The summed E-state index contributed by atoms with van der Waals surface area (Å²) in [5.74, 6) is 7.12. The van der Waals surface area contributed by atoms with Crippen LogP contribution in [0.4, 0.5) is 0 Å². The summed E-state index contributed by atoms with van der Waals surface area (Å²) in [6.07, 6.45) is 2.54. The van der Waals surface area contributed by atoms with E-state index in [-0.39, 0.29) is 0 Å². The molecule has 0 bridgehead atoms. The Kier molecular flexibility index (Phi) is 1.53. The molecule has 50 valence electrons. The Morgan fingerprint density at radius 2 is 2.11 bits per heavy atom. The third-order valence-corrected chi connectivity index (χ3v) is 1.86. The van der Waals surface area contributed by atoms with Crippen molar-refractivity contribution < 1.29 is 0 Å². The van der Waals surface area contributed by atoms with Gasteiger partial charge >= 0.3 is 0 Å². The zero-order chi connectivity index (χ0) is 6.91. The number of hydrogen-bond donors (Lipinski definition) is 0. The van der Waals surface area contributed by atoms with Gasteiger partial charge in [-0.3, -0.25) is 0 Å². The average Bonchev–Trinajstić information content (AvgIpc) is 1.78. The molecule has 0 fully saturated rings. The quantitative estimate of drug-likeness (QED) is 0.433. The Hall–Kier alpha value is -0.440. The summed E-state index contributed by atoms with van der Waals surface area (Å²) < 4.78 is 0. The van der Waals surface area contributed by atoms with E-state index in [0.717, 1.165) is 0 Å². The van der Waals surface area contributed by atoms with E-state index in [1.165, 1.54) is 12.8 Å². The molecule has 0 aliphatic heterocycles. The van der Waals surface area contributed by atoms with Gasteiger partial charge in [-0.1, -0.05) is 18.8 Å². The highest BCUT2D eigenvalue weighted by molar-refractivity contribution is 5.14. The minimum atomic E-state index is 0.298. The van der Waals surface area contributed by atoms with Crippen LogP contribution in [0.15, 0.2) is 0 Å². The van der Waals surface area contributed by atoms with Crippen LogP contribution in [0.5, 0.6) is 0 Å². The first-order valence-corrected chi connectivity index (χ1v) is 3.63. The summed E-state index contributed by atoms with van der Waals surface area (Å²) in [5.41, 5.74) is 0.298. The predicted octanol–water partition coefficient (Wildman–Crippen LogP) is 2.45. The summed E-state index contributed by atoms with van der Waals surface area (Å²) in [4.78, 5) is 0. The van der Waals surface area contributed by atoms with Crippen molar-refractivity contribution in [3.05, 3.63) is 0 Å². The second-order valence-electron chi connectivity index (χ2n) is 3.59. The van der Waals surface area contributed by atoms with Crippen molar-refractivity contribution in [1.29, 1.82) is 0 Å². The van der Waals surface area contributed by atoms with Crippen LogP contribution in [0.25, 0.3) is 0 Å². The van der Waals surface area contributed by atoms with Crippen LogP contribution >= 0.6 is 0 Å². The predicted molar refractivity (Wildman–Crippen MR) is 40.0 cm³/mol. The molecule has 0 aromatic rings. The van der Waals surface area contributed by atoms with Crippen LogP contribution < -0.4 is 0 Å². The van der Waals surface area contributed by atoms with Gasteiger partial charge in [-0.25, -0.2) is 0 Å². The first-order valence-electron chi connectivity index (χ1n) is 3.63. The van der Waals surface area contributed by atoms with Crippen LogP contribution in [0.3, 0.4) is 0 Å². The molecule has 0 aromatic heterocycles. The lowest BCUT2D eigenvalue weighted by Crippen LogP contribution is -2.14. The van der Waals surface area contributed by atoms with E-state index < -0.39 is 0 Å². The van der Waals surface area contributed by atoms with Gasteiger partial charge < -0.3 is 0 Å². The van der Waals surface area contributed by atoms with Gasteiger partial charge in [0, 0.05) is 11.3 Å². The maximum Gasteiger partial charge on any atom is 0.0259 e. The molecule has 1 atom stereocenters. The van der Waals surface area contributed by atoms with Crippen LogP contribution in [0.1, 0.15) is 33.6 Å². The highest BCUT2D eigenvalue weighted by Crippen LogP contribution is 2.27. The molecule has 0 saturated heterocycles. The Balaban J connectivity index is 2.67. The Labute approximate surface area is 57.7 Å². The van der Waals surface area contributed by atoms with Gasteiger partial charge in [0.15, 0.2) is 0 Å². The topological polar surface area (TPSA) is 0 Å². The molecule has 0 N–H and O–H groups in total. The minimum Gasteiger partial charge on any atom is -0.0996 e. The summed E-state index contributed by atoms with van der Waals surface area (Å²) in [6.45, 7) is 6.62. The summed E-state index contributed by atoms with van der Waals surface area (Å²) >= 11 is 0. The van der Waals surface area contributed by atoms with Crippen LogP contribution in [-0.4, -0.2) is 0 Å². The van der Waals surface area contributed by atoms with Crippen LogP contribution in [0, 0.1) is 23.2 Å². The molecule has 0 radical (unpaired) electrons. The van der Waals surface area contributed by atoms with E-state index in [2.05, 4.69) is 32.6 Å². The Bertz CT molecular complexity index is 155. The molecule has 0 nitrogen and oxygen atoms in total. The molecule has 0 heterocycles. The lowest BCUT2D eigenvalue weighted by Gasteiger charge is -2.22.